The lowest BCUT2D eigenvalue weighted by Gasteiger charge is -2.32. The molecule has 1 aliphatic heterocycles. The van der Waals surface area contributed by atoms with Crippen LogP contribution in [0.3, 0.4) is 0 Å². The fraction of sp³-hybridized carbons (Fsp3) is 0.300. The number of rotatable bonds is 5. The molecule has 0 atom stereocenters. The Labute approximate surface area is 196 Å². The van der Waals surface area contributed by atoms with E-state index in [0.717, 1.165) is 6.07 Å². The summed E-state index contributed by atoms with van der Waals surface area (Å²) >= 11 is 2.92. The molecule has 0 aliphatic carbocycles. The molecule has 0 bridgehead atoms. The molecule has 2 aromatic rings. The van der Waals surface area contributed by atoms with Crippen LogP contribution in [0, 0.1) is 0 Å². The lowest BCUT2D eigenvalue weighted by atomic mass is 10.0. The van der Waals surface area contributed by atoms with Crippen LogP contribution in [0.15, 0.2) is 51.8 Å². The number of carbonyl (C=O) groups excluding carboxylic acids is 2. The Morgan fingerprint density at radius 3 is 2.36 bits per heavy atom. The van der Waals surface area contributed by atoms with Crippen molar-refractivity contribution in [3.63, 3.8) is 0 Å². The van der Waals surface area contributed by atoms with Crippen LogP contribution >= 0.6 is 15.9 Å². The van der Waals surface area contributed by atoms with Gasteiger partial charge in [0.25, 0.3) is 5.91 Å². The highest BCUT2D eigenvalue weighted by Gasteiger charge is 2.38. The second-order valence-corrected chi connectivity index (χ2v) is 9.92. The molecule has 3 rings (SSSR count). The predicted molar refractivity (Wildman–Crippen MR) is 114 cm³/mol. The third kappa shape index (κ3) is 6.24. The Morgan fingerprint density at radius 2 is 1.76 bits per heavy atom. The van der Waals surface area contributed by atoms with Gasteiger partial charge in [-0.15, -0.1) is 0 Å². The molecule has 13 heteroatoms. The van der Waals surface area contributed by atoms with Gasteiger partial charge in [0, 0.05) is 34.9 Å². The number of nitrogens with one attached hydrogen (secondary N) is 2. The fourth-order valence-electron chi connectivity index (χ4n) is 3.47. The number of hydrogen-bond donors (Lipinski definition) is 2. The number of benzene rings is 2. The zero-order valence-corrected chi connectivity index (χ0v) is 19.3. The van der Waals surface area contributed by atoms with Crippen molar-refractivity contribution < 1.29 is 36.3 Å². The summed E-state index contributed by atoms with van der Waals surface area (Å²) in [6.07, 6.45) is -5.99. The highest BCUT2D eigenvalue weighted by molar-refractivity contribution is 9.10. The molecule has 0 aromatic heterocycles. The molecule has 1 aliphatic rings. The monoisotopic (exact) mass is 548 g/mol. The summed E-state index contributed by atoms with van der Waals surface area (Å²) in [6, 6.07) is 7.95. The van der Waals surface area contributed by atoms with Gasteiger partial charge in [-0.3, -0.25) is 4.79 Å². The quantitative estimate of drug-likeness (QED) is 0.595. The van der Waals surface area contributed by atoms with Crippen LogP contribution in [-0.4, -0.2) is 44.4 Å². The summed E-state index contributed by atoms with van der Waals surface area (Å²) in [5.41, 5.74) is -0.884. The molecule has 1 heterocycles. The van der Waals surface area contributed by atoms with Crippen molar-refractivity contribution in [1.82, 2.24) is 9.62 Å². The van der Waals surface area contributed by atoms with Crippen LogP contribution in [0.4, 0.5) is 23.7 Å². The number of carboxylic acid groups (broad SMARTS) is 1. The third-order valence-corrected chi connectivity index (χ3v) is 7.07. The molecular weight excluding hydrogens is 531 g/mol. The van der Waals surface area contributed by atoms with Crippen LogP contribution < -0.4 is 15.1 Å². The number of carbonyl (C=O) groups is 2. The SMILES string of the molecule is O=C([O-])Nc1cccc(C(=O)N2CCC(NS(=O)(=O)c3ccc(Br)cc3C(F)(F)F)CC2)c1. The first-order chi connectivity index (χ1) is 15.4. The van der Waals surface area contributed by atoms with Gasteiger partial charge in [-0.05, 0) is 49.2 Å². The number of alkyl halides is 3. The highest BCUT2D eigenvalue weighted by atomic mass is 79.9. The summed E-state index contributed by atoms with van der Waals surface area (Å²) in [4.78, 5) is 24.0. The average Bonchev–Trinajstić information content (AvgIpc) is 2.72. The summed E-state index contributed by atoms with van der Waals surface area (Å²) in [7, 11) is -4.46. The maximum absolute atomic E-state index is 13.3. The first kappa shape index (κ1) is 25.0. The third-order valence-electron chi connectivity index (χ3n) is 5.00. The number of sulfonamides is 1. The first-order valence-electron chi connectivity index (χ1n) is 9.63. The van der Waals surface area contributed by atoms with Gasteiger partial charge in [-0.2, -0.15) is 13.2 Å². The molecule has 1 saturated heterocycles. The standard InChI is InChI=1S/C20H19BrF3N3O5S/c21-13-4-5-17(16(11-13)20(22,23)24)33(31,32)26-14-6-8-27(9-7-14)18(28)12-2-1-3-15(10-12)25-19(29)30/h1-5,10-11,14,25-26H,6-9H2,(H,29,30)/p-1. The van der Waals surface area contributed by atoms with Crippen molar-refractivity contribution in [1.29, 1.82) is 0 Å². The summed E-state index contributed by atoms with van der Waals surface area (Å²) < 4.78 is 67.8. The van der Waals surface area contributed by atoms with Crippen molar-refractivity contribution >= 4 is 43.6 Å². The smallest absolute Gasteiger partial charge is 0.417 e. The summed E-state index contributed by atoms with van der Waals surface area (Å²) in [5.74, 6) is -0.384. The van der Waals surface area contributed by atoms with Crippen molar-refractivity contribution in [2.75, 3.05) is 18.4 Å². The average molecular weight is 549 g/mol. The van der Waals surface area contributed by atoms with Crippen molar-refractivity contribution in [2.45, 2.75) is 30.0 Å². The topological polar surface area (TPSA) is 119 Å². The Morgan fingerprint density at radius 1 is 1.09 bits per heavy atom. The number of nitrogens with zero attached hydrogens (tertiary/aromatic N) is 1. The van der Waals surface area contributed by atoms with Gasteiger partial charge in [0.05, 0.1) is 10.5 Å². The van der Waals surface area contributed by atoms with Crippen LogP contribution in [0.2, 0.25) is 0 Å². The van der Waals surface area contributed by atoms with Gasteiger partial charge in [-0.1, -0.05) is 22.0 Å². The molecule has 2 N–H and O–H groups in total. The lowest BCUT2D eigenvalue weighted by Crippen LogP contribution is -2.46. The predicted octanol–water partition coefficient (Wildman–Crippen LogP) is 2.81. The molecule has 2 aromatic carbocycles. The molecule has 0 spiro atoms. The van der Waals surface area contributed by atoms with E-state index >= 15 is 0 Å². The maximum Gasteiger partial charge on any atom is 0.417 e. The minimum atomic E-state index is -4.86. The number of likely N-dealkylation sites (tertiary alicyclic amines) is 1. The van der Waals surface area contributed by atoms with Crippen LogP contribution in [0.25, 0.3) is 0 Å². The number of halogens is 4. The van der Waals surface area contributed by atoms with Crippen molar-refractivity contribution in [3.05, 3.63) is 58.1 Å². The molecule has 178 valence electrons. The Balaban J connectivity index is 1.67. The molecule has 0 saturated carbocycles. The molecule has 0 radical (unpaired) electrons. The molecule has 33 heavy (non-hydrogen) atoms. The van der Waals surface area contributed by atoms with Gasteiger partial charge >= 0.3 is 6.18 Å². The van der Waals surface area contributed by atoms with E-state index in [2.05, 4.69) is 20.7 Å². The number of piperidine rings is 1. The number of amides is 2. The van der Waals surface area contributed by atoms with E-state index in [1.807, 2.05) is 5.32 Å². The minimum Gasteiger partial charge on any atom is -0.530 e. The maximum atomic E-state index is 13.3. The molecule has 8 nitrogen and oxygen atoms in total. The zero-order valence-electron chi connectivity index (χ0n) is 16.9. The highest BCUT2D eigenvalue weighted by Crippen LogP contribution is 2.36. The van der Waals surface area contributed by atoms with E-state index in [9.17, 15) is 36.3 Å². The van der Waals surface area contributed by atoms with E-state index in [4.69, 9.17) is 0 Å². The van der Waals surface area contributed by atoms with E-state index in [1.54, 1.807) is 0 Å². The van der Waals surface area contributed by atoms with E-state index in [-0.39, 0.29) is 47.6 Å². The molecular formula is C20H18BrF3N3O5S-. The van der Waals surface area contributed by atoms with E-state index in [1.165, 1.54) is 35.2 Å². The van der Waals surface area contributed by atoms with Crippen molar-refractivity contribution in [3.8, 4) is 0 Å². The number of anilines is 1. The van der Waals surface area contributed by atoms with Gasteiger partial charge in [-0.25, -0.2) is 13.1 Å². The lowest BCUT2D eigenvalue weighted by molar-refractivity contribution is -0.242. The summed E-state index contributed by atoms with van der Waals surface area (Å²) in [5, 5.41) is 12.7. The Hall–Kier alpha value is -2.64. The van der Waals surface area contributed by atoms with Crippen LogP contribution in [0.5, 0.6) is 0 Å². The first-order valence-corrected chi connectivity index (χ1v) is 11.9. The van der Waals surface area contributed by atoms with Gasteiger partial charge in [0.2, 0.25) is 10.0 Å². The zero-order chi connectivity index (χ0) is 24.4. The molecule has 0 unspecified atom stereocenters. The molecule has 2 amide bonds. The second-order valence-electron chi connectivity index (χ2n) is 7.32. The Bertz CT molecular complexity index is 1170. The fourth-order valence-corrected chi connectivity index (χ4v) is 5.35. The Kier molecular flexibility index (Phi) is 7.34. The van der Waals surface area contributed by atoms with Crippen LogP contribution in [-0.2, 0) is 16.2 Å². The van der Waals surface area contributed by atoms with Gasteiger partial charge < -0.3 is 20.1 Å². The largest absolute Gasteiger partial charge is 0.530 e. The second kappa shape index (κ2) is 9.69. The van der Waals surface area contributed by atoms with Gasteiger partial charge in [0.1, 0.15) is 6.09 Å². The minimum absolute atomic E-state index is 0.0967. The van der Waals surface area contributed by atoms with Gasteiger partial charge in [0.15, 0.2) is 0 Å². The summed E-state index contributed by atoms with van der Waals surface area (Å²) in [6.45, 7) is 0.327. The van der Waals surface area contributed by atoms with Crippen molar-refractivity contribution in [2.24, 2.45) is 0 Å². The van der Waals surface area contributed by atoms with Crippen LogP contribution in [0.1, 0.15) is 28.8 Å². The van der Waals surface area contributed by atoms with E-state index < -0.39 is 38.8 Å². The number of hydrogen-bond acceptors (Lipinski definition) is 5. The normalized spacial score (nSPS) is 15.3. The molecule has 1 fully saturated rings. The van der Waals surface area contributed by atoms with E-state index in [0.29, 0.717) is 6.07 Å².